The molecule has 10 heteroatoms. The van der Waals surface area contributed by atoms with Crippen molar-refractivity contribution in [3.8, 4) is 5.75 Å². The lowest BCUT2D eigenvalue weighted by molar-refractivity contribution is 0.193. The molecule has 2 N–H and O–H groups in total. The normalized spacial score (nSPS) is 16.3. The van der Waals surface area contributed by atoms with Crippen LogP contribution in [0.3, 0.4) is 0 Å². The van der Waals surface area contributed by atoms with Crippen LogP contribution in [0.2, 0.25) is 0 Å². The van der Waals surface area contributed by atoms with Crippen LogP contribution in [0.15, 0.2) is 24.3 Å². The van der Waals surface area contributed by atoms with Gasteiger partial charge in [-0.1, -0.05) is 12.1 Å². The molecule has 9 nitrogen and oxygen atoms in total. The van der Waals surface area contributed by atoms with Gasteiger partial charge in [-0.25, -0.2) is 27.2 Å². The van der Waals surface area contributed by atoms with E-state index in [1.807, 2.05) is 0 Å². The summed E-state index contributed by atoms with van der Waals surface area (Å²) < 4.78 is 23.4. The summed E-state index contributed by atoms with van der Waals surface area (Å²) in [5.74, 6) is -0.0109. The first-order chi connectivity index (χ1) is 10.7. The Labute approximate surface area is 132 Å². The standard InChI is InChI=1S/C13H14N3O6S/c1-23(21,22)16-7-6-15(13(16)20)12(19)14-11(8-17)9-2-4-10(18)5-3-9/h2-5,11,18H,6-7H2,1H3,(H,14,19). The van der Waals surface area contributed by atoms with E-state index >= 15 is 0 Å². The highest BCUT2D eigenvalue weighted by Gasteiger charge is 2.38. The third-order valence-electron chi connectivity index (χ3n) is 3.23. The van der Waals surface area contributed by atoms with Gasteiger partial charge in [-0.2, -0.15) is 0 Å². The Morgan fingerprint density at radius 3 is 2.39 bits per heavy atom. The number of carbonyl (C=O) groups is 2. The van der Waals surface area contributed by atoms with Gasteiger partial charge in [0.2, 0.25) is 16.3 Å². The second-order valence-electron chi connectivity index (χ2n) is 4.86. The van der Waals surface area contributed by atoms with E-state index in [2.05, 4.69) is 5.32 Å². The third kappa shape index (κ3) is 3.59. The number of urea groups is 2. The Morgan fingerprint density at radius 1 is 1.30 bits per heavy atom. The van der Waals surface area contributed by atoms with Gasteiger partial charge < -0.3 is 10.4 Å². The molecule has 123 valence electrons. The minimum atomic E-state index is -3.75. The van der Waals surface area contributed by atoms with Crippen molar-refractivity contribution in [2.24, 2.45) is 0 Å². The van der Waals surface area contributed by atoms with E-state index in [-0.39, 0.29) is 18.8 Å². The van der Waals surface area contributed by atoms with E-state index in [0.29, 0.717) is 14.8 Å². The van der Waals surface area contributed by atoms with Crippen molar-refractivity contribution in [2.45, 2.75) is 6.04 Å². The summed E-state index contributed by atoms with van der Waals surface area (Å²) in [7, 11) is -3.75. The van der Waals surface area contributed by atoms with Crippen LogP contribution in [0.1, 0.15) is 11.6 Å². The Bertz CT molecular complexity index is 731. The quantitative estimate of drug-likeness (QED) is 0.792. The van der Waals surface area contributed by atoms with Crippen molar-refractivity contribution in [1.29, 1.82) is 0 Å². The van der Waals surface area contributed by atoms with E-state index in [1.165, 1.54) is 24.3 Å². The lowest BCUT2D eigenvalue weighted by Crippen LogP contribution is -2.45. The van der Waals surface area contributed by atoms with Crippen LogP contribution in [0.5, 0.6) is 5.75 Å². The molecule has 0 spiro atoms. The predicted molar refractivity (Wildman–Crippen MR) is 78.7 cm³/mol. The van der Waals surface area contributed by atoms with Crippen molar-refractivity contribution >= 4 is 28.4 Å². The molecule has 1 fully saturated rings. The minimum absolute atomic E-state index is 0.0109. The van der Waals surface area contributed by atoms with Crippen molar-refractivity contribution in [3.05, 3.63) is 29.8 Å². The van der Waals surface area contributed by atoms with Crippen LogP contribution < -0.4 is 5.32 Å². The molecule has 1 heterocycles. The topological polar surface area (TPSA) is 124 Å². The number of benzene rings is 1. The first kappa shape index (κ1) is 16.7. The zero-order valence-electron chi connectivity index (χ0n) is 12.1. The Hall–Kier alpha value is -2.62. The summed E-state index contributed by atoms with van der Waals surface area (Å²) >= 11 is 0. The molecule has 0 bridgehead atoms. The van der Waals surface area contributed by atoms with E-state index in [9.17, 15) is 27.9 Å². The third-order valence-corrected chi connectivity index (χ3v) is 4.37. The number of imide groups is 1. The lowest BCUT2D eigenvalue weighted by atomic mass is 10.1. The molecule has 0 saturated carbocycles. The maximum atomic E-state index is 12.1. The van der Waals surface area contributed by atoms with Gasteiger partial charge in [0.15, 0.2) is 0 Å². The number of nitrogens with one attached hydrogen (secondary N) is 1. The number of carbonyl (C=O) groups excluding carboxylic acids is 3. The molecule has 4 amide bonds. The molecule has 23 heavy (non-hydrogen) atoms. The highest BCUT2D eigenvalue weighted by atomic mass is 32.2. The zero-order chi connectivity index (χ0) is 17.2. The summed E-state index contributed by atoms with van der Waals surface area (Å²) in [6, 6.07) is 2.47. The molecule has 1 radical (unpaired) electrons. The van der Waals surface area contributed by atoms with Crippen LogP contribution in [0, 0.1) is 0 Å². The molecule has 1 saturated heterocycles. The number of amides is 4. The number of phenols is 1. The van der Waals surface area contributed by atoms with Crippen LogP contribution in [0.25, 0.3) is 0 Å². The molecule has 0 aliphatic carbocycles. The molecule has 1 aromatic rings. The van der Waals surface area contributed by atoms with E-state index in [0.717, 1.165) is 6.26 Å². The number of phenolic OH excluding ortho intramolecular Hbond substituents is 1. The summed E-state index contributed by atoms with van der Waals surface area (Å²) in [4.78, 5) is 35.7. The van der Waals surface area contributed by atoms with E-state index in [1.54, 1.807) is 6.29 Å². The van der Waals surface area contributed by atoms with Crippen molar-refractivity contribution in [1.82, 2.24) is 14.5 Å². The lowest BCUT2D eigenvalue weighted by Gasteiger charge is -2.19. The first-order valence-electron chi connectivity index (χ1n) is 6.50. The monoisotopic (exact) mass is 340 g/mol. The number of aromatic hydroxyl groups is 1. The van der Waals surface area contributed by atoms with E-state index < -0.39 is 28.1 Å². The highest BCUT2D eigenvalue weighted by molar-refractivity contribution is 7.88. The Kier molecular flexibility index (Phi) is 4.55. The maximum Gasteiger partial charge on any atom is 0.341 e. The fourth-order valence-electron chi connectivity index (χ4n) is 2.06. The fraction of sp³-hybridized carbons (Fsp3) is 0.308. The predicted octanol–water partition coefficient (Wildman–Crippen LogP) is -0.0502. The van der Waals surface area contributed by atoms with Crippen LogP contribution in [0.4, 0.5) is 9.59 Å². The molecule has 1 aliphatic rings. The maximum absolute atomic E-state index is 12.1. The second-order valence-corrected chi connectivity index (χ2v) is 6.77. The Balaban J connectivity index is 2.10. The SMILES string of the molecule is CS(=O)(=O)N1CCN(C(=O)NC([C]=O)c2ccc(O)cc2)C1=O. The van der Waals surface area contributed by atoms with Gasteiger partial charge in [0.25, 0.3) is 0 Å². The highest BCUT2D eigenvalue weighted by Crippen LogP contribution is 2.17. The number of rotatable bonds is 4. The average Bonchev–Trinajstić information content (AvgIpc) is 2.87. The molecular weight excluding hydrogens is 326 g/mol. The van der Waals surface area contributed by atoms with Crippen molar-refractivity contribution < 1.29 is 27.9 Å². The van der Waals surface area contributed by atoms with Crippen molar-refractivity contribution in [3.63, 3.8) is 0 Å². The molecule has 2 rings (SSSR count). The summed E-state index contributed by atoms with van der Waals surface area (Å²) in [6.07, 6.45) is 2.48. The smallest absolute Gasteiger partial charge is 0.341 e. The van der Waals surface area contributed by atoms with Gasteiger partial charge in [-0.05, 0) is 17.7 Å². The fourth-order valence-corrected chi connectivity index (χ4v) is 2.86. The molecule has 1 atom stereocenters. The average molecular weight is 340 g/mol. The molecule has 1 unspecified atom stereocenters. The zero-order valence-corrected chi connectivity index (χ0v) is 12.9. The van der Waals surface area contributed by atoms with Gasteiger partial charge in [0, 0.05) is 0 Å². The Morgan fingerprint density at radius 2 is 1.91 bits per heavy atom. The van der Waals surface area contributed by atoms with Gasteiger partial charge >= 0.3 is 12.1 Å². The van der Waals surface area contributed by atoms with Crippen LogP contribution in [-0.2, 0) is 14.8 Å². The summed E-state index contributed by atoms with van der Waals surface area (Å²) in [5.41, 5.74) is 0.359. The van der Waals surface area contributed by atoms with E-state index in [4.69, 9.17) is 0 Å². The second kappa shape index (κ2) is 6.24. The van der Waals surface area contributed by atoms with Gasteiger partial charge in [-0.15, -0.1) is 0 Å². The number of hydrogen-bond donors (Lipinski definition) is 2. The molecular formula is C13H14N3O6S. The van der Waals surface area contributed by atoms with Gasteiger partial charge in [-0.3, -0.25) is 4.79 Å². The van der Waals surface area contributed by atoms with Gasteiger partial charge in [0.1, 0.15) is 11.8 Å². The molecule has 1 aliphatic heterocycles. The molecule has 1 aromatic carbocycles. The number of nitrogens with zero attached hydrogens (tertiary/aromatic N) is 2. The largest absolute Gasteiger partial charge is 0.508 e. The van der Waals surface area contributed by atoms with Crippen LogP contribution in [-0.4, -0.2) is 60.4 Å². The van der Waals surface area contributed by atoms with Crippen molar-refractivity contribution in [2.75, 3.05) is 19.3 Å². The minimum Gasteiger partial charge on any atom is -0.508 e. The molecule has 0 aromatic heterocycles. The first-order valence-corrected chi connectivity index (χ1v) is 8.35. The van der Waals surface area contributed by atoms with Gasteiger partial charge in [0.05, 0.1) is 19.3 Å². The summed E-state index contributed by atoms with van der Waals surface area (Å²) in [6.45, 7) is -0.251. The number of hydrogen-bond acceptors (Lipinski definition) is 6. The summed E-state index contributed by atoms with van der Waals surface area (Å²) in [5, 5.41) is 11.5. The number of sulfonamides is 1. The van der Waals surface area contributed by atoms with Crippen LogP contribution >= 0.6 is 0 Å².